The molecule has 2 aromatic heterocycles. The summed E-state index contributed by atoms with van der Waals surface area (Å²) in [6.07, 6.45) is 1.58. The molecule has 3 N–H and O–H groups in total. The van der Waals surface area contributed by atoms with Gasteiger partial charge in [0.15, 0.2) is 0 Å². The van der Waals surface area contributed by atoms with E-state index in [-0.39, 0.29) is 17.6 Å². The Kier molecular flexibility index (Phi) is 4.49. The third-order valence-corrected chi connectivity index (χ3v) is 7.61. The van der Waals surface area contributed by atoms with Crippen LogP contribution in [0.15, 0.2) is 30.5 Å². The Balaban J connectivity index is 1.90. The maximum atomic E-state index is 12.5. The van der Waals surface area contributed by atoms with Gasteiger partial charge >= 0.3 is 0 Å². The molecule has 3 heterocycles. The molecule has 1 aliphatic rings. The van der Waals surface area contributed by atoms with Gasteiger partial charge in [0.25, 0.3) is 5.91 Å². The number of aromatic nitrogens is 1. The van der Waals surface area contributed by atoms with Crippen LogP contribution in [0.5, 0.6) is 0 Å². The second kappa shape index (κ2) is 6.36. The standard InChI is InChI=1S/C16H19N5O3S2/c1-10-8-11(14(22)19-12-6-4-5-7-18-12)25-13(10)16(2)9-26(23,24)21(3)15(17)20-16/h4-8H,9H2,1-3H3,(H2,17,20)(H,18,19,22)/t16-/m0/s1. The molecule has 0 bridgehead atoms. The van der Waals surface area contributed by atoms with Gasteiger partial charge < -0.3 is 10.6 Å². The van der Waals surface area contributed by atoms with Crippen molar-refractivity contribution in [3.63, 3.8) is 0 Å². The maximum Gasteiger partial charge on any atom is 0.266 e. The fraction of sp³-hybridized carbons (Fsp3) is 0.312. The van der Waals surface area contributed by atoms with Gasteiger partial charge in [-0.15, -0.1) is 11.3 Å². The van der Waals surface area contributed by atoms with Crippen molar-refractivity contribution in [2.45, 2.75) is 19.4 Å². The summed E-state index contributed by atoms with van der Waals surface area (Å²) in [7, 11) is -2.26. The molecule has 1 fully saturated rings. The lowest BCUT2D eigenvalue weighted by atomic mass is 9.99. The van der Waals surface area contributed by atoms with E-state index in [9.17, 15) is 13.2 Å². The smallest absolute Gasteiger partial charge is 0.266 e. The molecule has 138 valence electrons. The highest BCUT2D eigenvalue weighted by molar-refractivity contribution is 7.89. The quantitative estimate of drug-likeness (QED) is 0.734. The van der Waals surface area contributed by atoms with Crippen LogP contribution in [0, 0.1) is 12.3 Å². The average molecular weight is 393 g/mol. The van der Waals surface area contributed by atoms with Crippen LogP contribution < -0.4 is 10.6 Å². The molecule has 1 atom stereocenters. The van der Waals surface area contributed by atoms with E-state index in [1.165, 1.54) is 18.4 Å². The van der Waals surface area contributed by atoms with Crippen LogP contribution in [0.1, 0.15) is 27.0 Å². The van der Waals surface area contributed by atoms with Gasteiger partial charge in [0.1, 0.15) is 5.82 Å². The molecule has 1 saturated heterocycles. The number of guanidine groups is 1. The lowest BCUT2D eigenvalue weighted by Crippen LogP contribution is -2.60. The predicted molar refractivity (Wildman–Crippen MR) is 101 cm³/mol. The number of nitrogens with zero attached hydrogens (tertiary/aromatic N) is 2. The Bertz CT molecular complexity index is 971. The van der Waals surface area contributed by atoms with Gasteiger partial charge in [0.2, 0.25) is 16.0 Å². The van der Waals surface area contributed by atoms with Crippen molar-refractivity contribution >= 4 is 39.0 Å². The molecule has 2 aromatic rings. The number of carbonyl (C=O) groups is 1. The van der Waals surface area contributed by atoms with Gasteiger partial charge in [-0.1, -0.05) is 6.07 Å². The summed E-state index contributed by atoms with van der Waals surface area (Å²) in [6, 6.07) is 6.94. The highest BCUT2D eigenvalue weighted by Gasteiger charge is 2.43. The SMILES string of the molecule is Cc1cc(C(=O)Nc2ccccn2)sc1[C@]1(C)CS(=O)(=O)N(C)C(=N)N1. The molecule has 0 unspecified atom stereocenters. The average Bonchev–Trinajstić information content (AvgIpc) is 2.96. The minimum absolute atomic E-state index is 0.189. The first-order valence-electron chi connectivity index (χ1n) is 7.79. The van der Waals surface area contributed by atoms with E-state index in [2.05, 4.69) is 15.6 Å². The molecule has 10 heteroatoms. The van der Waals surface area contributed by atoms with Crippen LogP contribution in [0.3, 0.4) is 0 Å². The summed E-state index contributed by atoms with van der Waals surface area (Å²) in [5, 5.41) is 13.6. The maximum absolute atomic E-state index is 12.5. The Morgan fingerprint density at radius 3 is 2.81 bits per heavy atom. The number of nitrogens with one attached hydrogen (secondary N) is 3. The molecule has 0 aliphatic carbocycles. The van der Waals surface area contributed by atoms with Crippen molar-refractivity contribution in [3.8, 4) is 0 Å². The minimum Gasteiger partial charge on any atom is -0.344 e. The molecular formula is C16H19N5O3S2. The lowest BCUT2D eigenvalue weighted by molar-refractivity contribution is 0.103. The van der Waals surface area contributed by atoms with Crippen LogP contribution >= 0.6 is 11.3 Å². The van der Waals surface area contributed by atoms with Gasteiger partial charge in [0.05, 0.1) is 16.2 Å². The summed E-state index contributed by atoms with van der Waals surface area (Å²) in [5.41, 5.74) is -0.176. The van der Waals surface area contributed by atoms with Gasteiger partial charge in [-0.05, 0) is 37.6 Å². The Morgan fingerprint density at radius 1 is 1.46 bits per heavy atom. The minimum atomic E-state index is -3.60. The number of rotatable bonds is 3. The van der Waals surface area contributed by atoms with E-state index >= 15 is 0 Å². The lowest BCUT2D eigenvalue weighted by Gasteiger charge is -2.39. The predicted octanol–water partition coefficient (Wildman–Crippen LogP) is 1.72. The van der Waals surface area contributed by atoms with E-state index in [0.29, 0.717) is 15.6 Å². The van der Waals surface area contributed by atoms with Crippen molar-refractivity contribution in [1.29, 1.82) is 5.41 Å². The third-order valence-electron chi connectivity index (χ3n) is 4.15. The molecule has 3 rings (SSSR count). The molecule has 8 nitrogen and oxygen atoms in total. The Labute approximate surface area is 155 Å². The molecule has 0 radical (unpaired) electrons. The van der Waals surface area contributed by atoms with E-state index in [4.69, 9.17) is 5.41 Å². The molecule has 0 saturated carbocycles. The summed E-state index contributed by atoms with van der Waals surface area (Å²) in [5.74, 6) is -0.247. The monoisotopic (exact) mass is 393 g/mol. The highest BCUT2D eigenvalue weighted by atomic mass is 32.2. The summed E-state index contributed by atoms with van der Waals surface area (Å²) in [6.45, 7) is 3.55. The Hall–Kier alpha value is -2.46. The molecular weight excluding hydrogens is 374 g/mol. The van der Waals surface area contributed by atoms with Crippen LogP contribution in [-0.4, -0.2) is 42.4 Å². The molecule has 26 heavy (non-hydrogen) atoms. The second-order valence-corrected chi connectivity index (χ2v) is 9.37. The van der Waals surface area contributed by atoms with Gasteiger partial charge in [-0.3, -0.25) is 10.2 Å². The second-order valence-electron chi connectivity index (χ2n) is 6.32. The fourth-order valence-electron chi connectivity index (χ4n) is 2.86. The van der Waals surface area contributed by atoms with E-state index in [0.717, 1.165) is 9.87 Å². The summed E-state index contributed by atoms with van der Waals surface area (Å²) in [4.78, 5) is 17.7. The molecule has 0 aromatic carbocycles. The first-order valence-corrected chi connectivity index (χ1v) is 10.2. The number of amides is 1. The van der Waals surface area contributed by atoms with E-state index < -0.39 is 15.6 Å². The van der Waals surface area contributed by atoms with Crippen molar-refractivity contribution in [2.24, 2.45) is 0 Å². The topological polar surface area (TPSA) is 115 Å². The van der Waals surface area contributed by atoms with Crippen LogP contribution in [0.4, 0.5) is 5.82 Å². The van der Waals surface area contributed by atoms with Crippen molar-refractivity contribution in [1.82, 2.24) is 14.6 Å². The number of pyridine rings is 1. The van der Waals surface area contributed by atoms with Crippen molar-refractivity contribution in [2.75, 3.05) is 18.1 Å². The van der Waals surface area contributed by atoms with Crippen LogP contribution in [-0.2, 0) is 15.6 Å². The molecule has 1 amide bonds. The first-order chi connectivity index (χ1) is 12.1. The highest BCUT2D eigenvalue weighted by Crippen LogP contribution is 2.36. The third kappa shape index (κ3) is 3.29. The molecule has 0 spiro atoms. The van der Waals surface area contributed by atoms with Gasteiger partial charge in [-0.25, -0.2) is 17.7 Å². The van der Waals surface area contributed by atoms with Crippen LogP contribution in [0.25, 0.3) is 0 Å². The number of carbonyl (C=O) groups excluding carboxylic acids is 1. The van der Waals surface area contributed by atoms with Gasteiger partial charge in [-0.2, -0.15) is 0 Å². The van der Waals surface area contributed by atoms with Crippen LogP contribution in [0.2, 0.25) is 0 Å². The first kappa shape index (κ1) is 18.3. The number of hydrogen-bond donors (Lipinski definition) is 3. The number of sulfonamides is 1. The van der Waals surface area contributed by atoms with Gasteiger partial charge in [0, 0.05) is 18.1 Å². The number of aryl methyl sites for hydroxylation is 1. The number of thiophene rings is 1. The zero-order valence-electron chi connectivity index (χ0n) is 14.5. The Morgan fingerprint density at radius 2 is 2.19 bits per heavy atom. The number of hydrogen-bond acceptors (Lipinski definition) is 6. The normalized spacial score (nSPS) is 22.0. The summed E-state index contributed by atoms with van der Waals surface area (Å²) >= 11 is 1.21. The zero-order chi connectivity index (χ0) is 19.1. The zero-order valence-corrected chi connectivity index (χ0v) is 16.2. The largest absolute Gasteiger partial charge is 0.344 e. The van der Waals surface area contributed by atoms with Crippen molar-refractivity contribution < 1.29 is 13.2 Å². The van der Waals surface area contributed by atoms with Crippen molar-refractivity contribution in [3.05, 3.63) is 45.8 Å². The summed E-state index contributed by atoms with van der Waals surface area (Å²) < 4.78 is 25.6. The van der Waals surface area contributed by atoms with E-state index in [1.54, 1.807) is 37.4 Å². The fourth-order valence-corrected chi connectivity index (χ4v) is 5.58. The number of anilines is 1. The van der Waals surface area contributed by atoms with E-state index in [1.807, 2.05) is 6.92 Å². The molecule has 1 aliphatic heterocycles.